The van der Waals surface area contributed by atoms with Crippen molar-refractivity contribution in [1.29, 1.82) is 0 Å². The third-order valence-electron chi connectivity index (χ3n) is 1.67. The van der Waals surface area contributed by atoms with Crippen LogP contribution in [-0.4, -0.2) is 0 Å². The van der Waals surface area contributed by atoms with Gasteiger partial charge in [-0.25, -0.2) is 4.39 Å². The molecule has 0 bridgehead atoms. The Kier molecular flexibility index (Phi) is 3.29. The molecule has 0 aromatic heterocycles. The maximum atomic E-state index is 13.1. The molecule has 0 nitrogen and oxygen atoms in total. The molecule has 0 aliphatic rings. The molecular weight excluding hydrogens is 287 g/mol. The summed E-state index contributed by atoms with van der Waals surface area (Å²) >= 11 is 6.32. The molecule has 0 spiro atoms. The predicted octanol–water partition coefficient (Wildman–Crippen LogP) is 4.47. The topological polar surface area (TPSA) is 0 Å². The zero-order valence-corrected chi connectivity index (χ0v) is 10.0. The van der Waals surface area contributed by atoms with E-state index >= 15 is 0 Å². The smallest absolute Gasteiger partial charge is 0.151 e. The lowest BCUT2D eigenvalue weighted by Crippen LogP contribution is -1.90. The summed E-state index contributed by atoms with van der Waals surface area (Å²) in [4.78, 5) is 0. The van der Waals surface area contributed by atoms with E-state index < -0.39 is 0 Å². The van der Waals surface area contributed by atoms with Gasteiger partial charge in [0.15, 0.2) is 5.82 Å². The van der Waals surface area contributed by atoms with E-state index in [9.17, 15) is 4.39 Å². The molecule has 0 heterocycles. The van der Waals surface area contributed by atoms with Gasteiger partial charge in [-0.2, -0.15) is 0 Å². The van der Waals surface area contributed by atoms with Gasteiger partial charge in [-0.3, -0.25) is 0 Å². The van der Waals surface area contributed by atoms with Gasteiger partial charge in [-0.15, -0.1) is 0 Å². The number of hydrogen-bond acceptors (Lipinski definition) is 0. The van der Waals surface area contributed by atoms with Crippen molar-refractivity contribution >= 4 is 31.9 Å². The van der Waals surface area contributed by atoms with Crippen LogP contribution in [-0.2, 0) is 0 Å². The van der Waals surface area contributed by atoms with E-state index in [1.54, 1.807) is 0 Å². The molecule has 12 heavy (non-hydrogen) atoms. The van der Waals surface area contributed by atoms with E-state index in [1.165, 1.54) is 0 Å². The summed E-state index contributed by atoms with van der Waals surface area (Å²) in [6.07, 6.45) is 0. The number of hydrogen-bond donors (Lipinski definition) is 0. The first-order valence-electron chi connectivity index (χ1n) is 3.67. The van der Waals surface area contributed by atoms with Gasteiger partial charge in [0.05, 0.1) is 8.95 Å². The first-order valence-corrected chi connectivity index (χ1v) is 5.25. The molecular formula is C9H9Br2F. The van der Waals surface area contributed by atoms with Crippen LogP contribution in [0.1, 0.15) is 25.3 Å². The third kappa shape index (κ3) is 2.07. The fraction of sp³-hybridized carbons (Fsp3) is 0.333. The first kappa shape index (κ1) is 10.2. The third-order valence-corrected chi connectivity index (χ3v) is 2.83. The van der Waals surface area contributed by atoms with Crippen molar-refractivity contribution in [2.24, 2.45) is 0 Å². The largest absolute Gasteiger partial charge is 0.205 e. The molecule has 0 radical (unpaired) electrons. The van der Waals surface area contributed by atoms with E-state index in [0.29, 0.717) is 14.9 Å². The molecule has 0 atom stereocenters. The quantitative estimate of drug-likeness (QED) is 0.671. The molecule has 0 N–H and O–H groups in total. The van der Waals surface area contributed by atoms with E-state index in [1.807, 2.05) is 12.1 Å². The van der Waals surface area contributed by atoms with Crippen LogP contribution in [0.15, 0.2) is 21.1 Å². The van der Waals surface area contributed by atoms with Crippen molar-refractivity contribution in [1.82, 2.24) is 0 Å². The van der Waals surface area contributed by atoms with Crippen LogP contribution in [0.5, 0.6) is 0 Å². The summed E-state index contributed by atoms with van der Waals surface area (Å²) < 4.78 is 14.1. The fourth-order valence-electron chi connectivity index (χ4n) is 0.908. The second-order valence-corrected chi connectivity index (χ2v) is 4.66. The van der Waals surface area contributed by atoms with Crippen LogP contribution in [0.4, 0.5) is 4.39 Å². The number of benzene rings is 1. The Bertz CT molecular complexity index is 272. The molecule has 0 aliphatic heterocycles. The predicted molar refractivity (Wildman–Crippen MR) is 55.9 cm³/mol. The van der Waals surface area contributed by atoms with Gasteiger partial charge in [-0.05, 0) is 55.5 Å². The maximum Gasteiger partial charge on any atom is 0.151 e. The zero-order chi connectivity index (χ0) is 9.30. The maximum absolute atomic E-state index is 13.1. The summed E-state index contributed by atoms with van der Waals surface area (Å²) in [5.41, 5.74) is 1.12. The van der Waals surface area contributed by atoms with Crippen LogP contribution in [0.25, 0.3) is 0 Å². The van der Waals surface area contributed by atoms with E-state index in [0.717, 1.165) is 5.56 Å². The summed E-state index contributed by atoms with van der Waals surface area (Å²) in [6.45, 7) is 4.15. The molecule has 0 aliphatic carbocycles. The van der Waals surface area contributed by atoms with Crippen molar-refractivity contribution < 1.29 is 4.39 Å². The van der Waals surface area contributed by atoms with Gasteiger partial charge in [0.25, 0.3) is 0 Å². The highest BCUT2D eigenvalue weighted by Crippen LogP contribution is 2.28. The monoisotopic (exact) mass is 294 g/mol. The molecule has 0 fully saturated rings. The number of rotatable bonds is 1. The van der Waals surface area contributed by atoms with Gasteiger partial charge in [0.2, 0.25) is 0 Å². The van der Waals surface area contributed by atoms with Crippen molar-refractivity contribution in [3.8, 4) is 0 Å². The summed E-state index contributed by atoms with van der Waals surface area (Å²) in [6, 6.07) is 3.62. The normalized spacial score (nSPS) is 10.8. The van der Waals surface area contributed by atoms with Crippen LogP contribution >= 0.6 is 31.9 Å². The van der Waals surface area contributed by atoms with Crippen molar-refractivity contribution in [2.45, 2.75) is 19.8 Å². The Morgan fingerprint density at radius 3 is 1.92 bits per heavy atom. The lowest BCUT2D eigenvalue weighted by Gasteiger charge is -2.07. The van der Waals surface area contributed by atoms with E-state index in [2.05, 4.69) is 45.7 Å². The highest BCUT2D eigenvalue weighted by Gasteiger charge is 2.08. The average molecular weight is 296 g/mol. The minimum atomic E-state index is -0.237. The molecule has 0 unspecified atom stereocenters. The van der Waals surface area contributed by atoms with Gasteiger partial charge in [0.1, 0.15) is 0 Å². The molecule has 1 aromatic rings. The Balaban J connectivity index is 3.21. The molecule has 1 aromatic carbocycles. The van der Waals surface area contributed by atoms with Gasteiger partial charge in [0, 0.05) is 0 Å². The SMILES string of the molecule is CC(C)c1cc(Br)c(F)c(Br)c1. The Morgan fingerprint density at radius 2 is 1.58 bits per heavy atom. The first-order chi connectivity index (χ1) is 5.52. The van der Waals surface area contributed by atoms with Crippen molar-refractivity contribution in [2.75, 3.05) is 0 Å². The van der Waals surface area contributed by atoms with Crippen molar-refractivity contribution in [3.63, 3.8) is 0 Å². The van der Waals surface area contributed by atoms with Crippen LogP contribution in [0.2, 0.25) is 0 Å². The second-order valence-electron chi connectivity index (χ2n) is 2.95. The molecule has 0 saturated carbocycles. The fourth-order valence-corrected chi connectivity index (χ4v) is 2.13. The van der Waals surface area contributed by atoms with Crippen LogP contribution < -0.4 is 0 Å². The van der Waals surface area contributed by atoms with E-state index in [4.69, 9.17) is 0 Å². The molecule has 3 heteroatoms. The molecule has 66 valence electrons. The standard InChI is InChI=1S/C9H9Br2F/c1-5(2)6-3-7(10)9(12)8(11)4-6/h3-5H,1-2H3. The van der Waals surface area contributed by atoms with E-state index in [-0.39, 0.29) is 5.82 Å². The van der Waals surface area contributed by atoms with Gasteiger partial charge in [-0.1, -0.05) is 13.8 Å². The highest BCUT2D eigenvalue weighted by atomic mass is 79.9. The minimum Gasteiger partial charge on any atom is -0.205 e. The lowest BCUT2D eigenvalue weighted by atomic mass is 10.0. The molecule has 0 amide bonds. The minimum absolute atomic E-state index is 0.237. The van der Waals surface area contributed by atoms with Gasteiger partial charge < -0.3 is 0 Å². The summed E-state index contributed by atoms with van der Waals surface area (Å²) in [7, 11) is 0. The summed E-state index contributed by atoms with van der Waals surface area (Å²) in [5.74, 6) is 0.178. The van der Waals surface area contributed by atoms with Crippen molar-refractivity contribution in [3.05, 3.63) is 32.5 Å². The Hall–Kier alpha value is 0.110. The molecule has 1 rings (SSSR count). The average Bonchev–Trinajstić information content (AvgIpc) is 1.99. The zero-order valence-electron chi connectivity index (χ0n) is 6.87. The van der Waals surface area contributed by atoms with Gasteiger partial charge >= 0.3 is 0 Å². The Labute approximate surface area is 88.4 Å². The molecule has 0 saturated heterocycles. The Morgan fingerprint density at radius 1 is 1.17 bits per heavy atom. The van der Waals surface area contributed by atoms with Crippen LogP contribution in [0, 0.1) is 5.82 Å². The summed E-state index contributed by atoms with van der Waals surface area (Å²) in [5, 5.41) is 0. The highest BCUT2D eigenvalue weighted by molar-refractivity contribution is 9.11. The number of halogens is 3. The second kappa shape index (κ2) is 3.88. The lowest BCUT2D eigenvalue weighted by molar-refractivity contribution is 0.612. The van der Waals surface area contributed by atoms with Crippen LogP contribution in [0.3, 0.4) is 0 Å².